The minimum absolute atomic E-state index is 0. The van der Waals surface area contributed by atoms with E-state index in [1.165, 1.54) is 13.3 Å². The summed E-state index contributed by atoms with van der Waals surface area (Å²) in [4.78, 5) is 3.81. The number of nitrogens with two attached hydrogens (primary N) is 1. The monoisotopic (exact) mass is 728 g/mol. The van der Waals surface area contributed by atoms with E-state index < -0.39 is 26.2 Å². The molecule has 0 fully saturated rings. The van der Waals surface area contributed by atoms with Gasteiger partial charge in [0.05, 0.1) is 34.7 Å². The number of fused-ring (bicyclic) bond motifs is 1. The van der Waals surface area contributed by atoms with Gasteiger partial charge in [-0.3, -0.25) is 0 Å². The van der Waals surface area contributed by atoms with E-state index in [9.17, 15) is 16.8 Å². The normalized spacial score (nSPS) is 11.1. The predicted octanol–water partition coefficient (Wildman–Crippen LogP) is 7.28. The molecule has 1 heterocycles. The Kier molecular flexibility index (Phi) is 17.0. The Labute approximate surface area is 296 Å². The Hall–Kier alpha value is -4.40. The number of hydrogen-bond acceptors (Lipinski definition) is 10. The third-order valence-electron chi connectivity index (χ3n) is 6.90. The van der Waals surface area contributed by atoms with E-state index in [-0.39, 0.29) is 27.9 Å². The van der Waals surface area contributed by atoms with Crippen LogP contribution in [0.3, 0.4) is 0 Å². The zero-order valence-electron chi connectivity index (χ0n) is 28.3. The number of H-pyrrole nitrogens is 1. The lowest BCUT2D eigenvalue weighted by Gasteiger charge is -2.15. The van der Waals surface area contributed by atoms with Crippen molar-refractivity contribution in [2.45, 2.75) is 55.1 Å². The molecule has 0 aliphatic heterocycles. The minimum atomic E-state index is -3.53. The van der Waals surface area contributed by atoms with Crippen LogP contribution in [-0.4, -0.2) is 62.3 Å². The van der Waals surface area contributed by atoms with E-state index in [0.717, 1.165) is 5.52 Å². The second-order valence-electron chi connectivity index (χ2n) is 10.2. The first-order valence-corrected chi connectivity index (χ1v) is 18.6. The summed E-state index contributed by atoms with van der Waals surface area (Å²) in [6.07, 6.45) is 1.52. The number of methoxy groups -OCH3 is 2. The molecule has 0 radical (unpaired) electrons. The quantitative estimate of drug-likeness (QED) is 0.0933. The molecule has 5 aromatic rings. The number of benzene rings is 4. The van der Waals surface area contributed by atoms with Crippen molar-refractivity contribution in [3.05, 3.63) is 109 Å². The highest BCUT2D eigenvalue weighted by Gasteiger charge is 2.22. The van der Waals surface area contributed by atoms with E-state index in [1.54, 1.807) is 104 Å². The molecule has 1 aromatic heterocycles. The van der Waals surface area contributed by atoms with Crippen LogP contribution in [0.25, 0.3) is 10.9 Å². The number of hydrogen-bond donors (Lipinski definition) is 2. The summed E-state index contributed by atoms with van der Waals surface area (Å²) in [7, 11) is -3.85. The maximum Gasteiger partial charge on any atom is 0.271 e. The van der Waals surface area contributed by atoms with Gasteiger partial charge >= 0.3 is 0 Å². The lowest BCUT2D eigenvalue weighted by molar-refractivity contribution is -0.282. The van der Waals surface area contributed by atoms with Gasteiger partial charge in [0.15, 0.2) is 9.84 Å². The molecule has 0 saturated heterocycles. The molecule has 0 amide bonds. The van der Waals surface area contributed by atoms with Gasteiger partial charge in [-0.1, -0.05) is 43.8 Å². The molecular formula is C37H48N2O9S2. The van der Waals surface area contributed by atoms with Crippen molar-refractivity contribution in [1.29, 1.82) is 0 Å². The van der Waals surface area contributed by atoms with Crippen molar-refractivity contribution in [3.8, 4) is 11.5 Å². The second kappa shape index (κ2) is 20.3. The Morgan fingerprint density at radius 1 is 0.680 bits per heavy atom. The van der Waals surface area contributed by atoms with E-state index in [2.05, 4.69) is 4.98 Å². The molecule has 0 unspecified atom stereocenters. The summed E-state index contributed by atoms with van der Waals surface area (Å²) in [6.45, 7) is 7.10. The lowest BCUT2D eigenvalue weighted by atomic mass is 10.2. The summed E-state index contributed by atoms with van der Waals surface area (Å²) in [5.74, 6) is 1.08. The standard InChI is InChI=1S/C15H13NO3S.C14H15NO3S.C7H16O3.CH4/c1-19-11-7-8-14-13(9-11)15(10-16-14)20(17,18)12-5-3-2-4-6-12;1-18-12-7-8-14(15)11(9-12)10-19(16,17)13-5-3-2-4-6-13;1-4-8-7(9-5-2)10-6-3;/h2-10,16H,1H3;2-9H,10,15H2,1H3;7H,4-6H2,1-3H3;1H4. The molecule has 11 nitrogen and oxygen atoms in total. The molecule has 0 atom stereocenters. The number of ether oxygens (including phenoxy) is 5. The van der Waals surface area contributed by atoms with Crippen molar-refractivity contribution in [3.63, 3.8) is 0 Å². The van der Waals surface area contributed by atoms with Crippen molar-refractivity contribution in [2.75, 3.05) is 39.8 Å². The number of rotatable bonds is 13. The number of anilines is 1. The Balaban J connectivity index is 0.000000273. The molecular weight excluding hydrogens is 681 g/mol. The average Bonchev–Trinajstić information content (AvgIpc) is 3.55. The molecule has 272 valence electrons. The summed E-state index contributed by atoms with van der Waals surface area (Å²) >= 11 is 0. The van der Waals surface area contributed by atoms with Crippen LogP contribution < -0.4 is 15.2 Å². The molecule has 0 bridgehead atoms. The molecule has 4 aromatic carbocycles. The topological polar surface area (TPSA) is 156 Å². The van der Waals surface area contributed by atoms with Gasteiger partial charge in [0.25, 0.3) is 6.48 Å². The number of nitrogen functional groups attached to an aromatic ring is 1. The molecule has 5 rings (SSSR count). The molecule has 50 heavy (non-hydrogen) atoms. The van der Waals surface area contributed by atoms with Crippen LogP contribution in [0.5, 0.6) is 11.5 Å². The Morgan fingerprint density at radius 2 is 1.18 bits per heavy atom. The van der Waals surface area contributed by atoms with Gasteiger partial charge in [-0.05, 0) is 87.0 Å². The summed E-state index contributed by atoms with van der Waals surface area (Å²) in [6, 6.07) is 27.0. The fraction of sp³-hybridized carbons (Fsp3) is 0.297. The molecule has 0 spiro atoms. The minimum Gasteiger partial charge on any atom is -0.497 e. The summed E-state index contributed by atoms with van der Waals surface area (Å²) < 4.78 is 75.3. The van der Waals surface area contributed by atoms with Gasteiger partial charge in [0, 0.05) is 42.6 Å². The molecule has 0 aliphatic carbocycles. The molecule has 0 aliphatic rings. The number of aromatic nitrogens is 1. The molecule has 3 N–H and O–H groups in total. The van der Waals surface area contributed by atoms with Crippen LogP contribution >= 0.6 is 0 Å². The van der Waals surface area contributed by atoms with E-state index in [4.69, 9.17) is 29.4 Å². The van der Waals surface area contributed by atoms with Gasteiger partial charge in [-0.15, -0.1) is 0 Å². The Morgan fingerprint density at radius 3 is 1.70 bits per heavy atom. The van der Waals surface area contributed by atoms with E-state index >= 15 is 0 Å². The van der Waals surface area contributed by atoms with Crippen LogP contribution in [0.4, 0.5) is 5.69 Å². The van der Waals surface area contributed by atoms with Crippen LogP contribution in [0.1, 0.15) is 33.8 Å². The van der Waals surface area contributed by atoms with Crippen LogP contribution in [0.15, 0.2) is 118 Å². The SMILES string of the molecule is C.CCOC(OCC)OCC.COc1ccc(N)c(CS(=O)(=O)c2ccccc2)c1.COc1ccc2[nH]cc(S(=O)(=O)c3ccccc3)c2c1. The fourth-order valence-electron chi connectivity index (χ4n) is 4.45. The highest BCUT2D eigenvalue weighted by molar-refractivity contribution is 7.91. The fourth-order valence-corrected chi connectivity index (χ4v) is 7.29. The summed E-state index contributed by atoms with van der Waals surface area (Å²) in [5.41, 5.74) is 7.56. The van der Waals surface area contributed by atoms with E-state index in [0.29, 0.717) is 48.0 Å². The molecule has 13 heteroatoms. The highest BCUT2D eigenvalue weighted by atomic mass is 32.2. The van der Waals surface area contributed by atoms with E-state index in [1.807, 2.05) is 20.8 Å². The maximum atomic E-state index is 12.6. The van der Waals surface area contributed by atoms with Crippen molar-refractivity contribution in [2.24, 2.45) is 0 Å². The first-order valence-electron chi connectivity index (χ1n) is 15.5. The van der Waals surface area contributed by atoms with Crippen LogP contribution in [0, 0.1) is 0 Å². The number of sulfone groups is 2. The van der Waals surface area contributed by atoms with Gasteiger partial charge in [0.1, 0.15) is 11.5 Å². The van der Waals surface area contributed by atoms with Gasteiger partial charge in [-0.2, -0.15) is 0 Å². The van der Waals surface area contributed by atoms with Gasteiger partial charge in [-0.25, -0.2) is 16.8 Å². The third-order valence-corrected chi connectivity index (χ3v) is 10.4. The zero-order chi connectivity index (χ0) is 35.9. The zero-order valence-corrected chi connectivity index (χ0v) is 29.9. The number of nitrogens with one attached hydrogen (secondary N) is 1. The third kappa shape index (κ3) is 11.6. The number of aromatic amines is 1. The molecule has 0 saturated carbocycles. The maximum absolute atomic E-state index is 12.6. The largest absolute Gasteiger partial charge is 0.497 e. The first-order chi connectivity index (χ1) is 23.5. The van der Waals surface area contributed by atoms with Crippen molar-refractivity contribution in [1.82, 2.24) is 4.98 Å². The highest BCUT2D eigenvalue weighted by Crippen LogP contribution is 2.30. The van der Waals surface area contributed by atoms with Crippen LogP contribution in [0.2, 0.25) is 0 Å². The van der Waals surface area contributed by atoms with Crippen LogP contribution in [-0.2, 0) is 39.6 Å². The smallest absolute Gasteiger partial charge is 0.271 e. The van der Waals surface area contributed by atoms with Gasteiger partial charge in [0.2, 0.25) is 9.84 Å². The Bertz CT molecular complexity index is 1940. The van der Waals surface area contributed by atoms with Gasteiger partial charge < -0.3 is 34.4 Å². The summed E-state index contributed by atoms with van der Waals surface area (Å²) in [5, 5.41) is 0.633. The van der Waals surface area contributed by atoms with Crippen molar-refractivity contribution >= 4 is 36.3 Å². The first kappa shape index (κ1) is 41.8. The predicted molar refractivity (Wildman–Crippen MR) is 197 cm³/mol. The lowest BCUT2D eigenvalue weighted by Crippen LogP contribution is -2.20. The average molecular weight is 729 g/mol. The van der Waals surface area contributed by atoms with Crippen molar-refractivity contribution < 1.29 is 40.5 Å². The second-order valence-corrected chi connectivity index (χ2v) is 14.1.